The number of amidine groups is 1. The molecule has 3 heterocycles. The standard InChI is InChI=1S/C39H49Cl2N5O4/c1-10-49-31-23-32(36(2,3)4)42-24-30(31)33-44-38(8,25-11-15-27(40)16-12-25)39(9,26-13-17-28(41)18-14-26)46(33)35(48)45-21-19-29(20-22-45)43-34(47)50-37(5,6)7/h11-18,23-24,29H,10,19-22H2,1-9H3,(H,43,47). The van der Waals surface area contributed by atoms with E-state index in [9.17, 15) is 4.79 Å². The number of ether oxygens (including phenoxy) is 2. The molecule has 50 heavy (non-hydrogen) atoms. The number of rotatable bonds is 6. The first-order valence-corrected chi connectivity index (χ1v) is 18.0. The third-order valence-electron chi connectivity index (χ3n) is 9.60. The van der Waals surface area contributed by atoms with Gasteiger partial charge >= 0.3 is 12.1 Å². The monoisotopic (exact) mass is 721 g/mol. The fourth-order valence-corrected chi connectivity index (χ4v) is 6.94. The van der Waals surface area contributed by atoms with Crippen molar-refractivity contribution in [1.29, 1.82) is 0 Å². The van der Waals surface area contributed by atoms with E-state index in [-0.39, 0.29) is 17.5 Å². The Morgan fingerprint density at radius 1 is 0.920 bits per heavy atom. The van der Waals surface area contributed by atoms with Gasteiger partial charge in [-0.3, -0.25) is 14.9 Å². The number of carbonyl (C=O) groups is 2. The summed E-state index contributed by atoms with van der Waals surface area (Å²) < 4.78 is 11.8. The molecule has 0 aliphatic carbocycles. The van der Waals surface area contributed by atoms with Crippen LogP contribution in [0.5, 0.6) is 5.75 Å². The molecule has 3 amide bonds. The number of hydrogen-bond donors (Lipinski definition) is 1. The SMILES string of the molecule is CCOc1cc(C(C)(C)C)ncc1C1=NC(C)(c2ccc(Cl)cc2)C(C)(c2ccc(Cl)cc2)N1C(=O)N1CCC(NC(=O)OC(C)(C)C)CC1. The first kappa shape index (κ1) is 37.4. The van der Waals surface area contributed by atoms with E-state index >= 15 is 4.79 Å². The van der Waals surface area contributed by atoms with Crippen LogP contribution in [-0.2, 0) is 21.2 Å². The van der Waals surface area contributed by atoms with E-state index in [1.54, 1.807) is 6.20 Å². The average molecular weight is 723 g/mol. The van der Waals surface area contributed by atoms with Crippen molar-refractivity contribution < 1.29 is 19.1 Å². The summed E-state index contributed by atoms with van der Waals surface area (Å²) in [6.45, 7) is 19.1. The van der Waals surface area contributed by atoms with Gasteiger partial charge in [0, 0.05) is 52.5 Å². The van der Waals surface area contributed by atoms with E-state index in [4.69, 9.17) is 42.7 Å². The number of carbonyl (C=O) groups excluding carboxylic acids is 2. The van der Waals surface area contributed by atoms with Crippen LogP contribution < -0.4 is 10.1 Å². The first-order chi connectivity index (χ1) is 23.4. The van der Waals surface area contributed by atoms with Gasteiger partial charge in [-0.25, -0.2) is 9.59 Å². The Morgan fingerprint density at radius 2 is 1.48 bits per heavy atom. The molecule has 9 nitrogen and oxygen atoms in total. The van der Waals surface area contributed by atoms with Gasteiger partial charge in [0.1, 0.15) is 28.3 Å². The lowest BCUT2D eigenvalue weighted by molar-refractivity contribution is 0.0479. The highest BCUT2D eigenvalue weighted by atomic mass is 35.5. The van der Waals surface area contributed by atoms with Gasteiger partial charge in [-0.15, -0.1) is 0 Å². The smallest absolute Gasteiger partial charge is 0.407 e. The number of urea groups is 1. The molecule has 0 radical (unpaired) electrons. The minimum atomic E-state index is -1.05. The molecule has 1 aromatic heterocycles. The molecule has 268 valence electrons. The molecule has 1 N–H and O–H groups in total. The zero-order valence-electron chi connectivity index (χ0n) is 30.6. The summed E-state index contributed by atoms with van der Waals surface area (Å²) >= 11 is 12.8. The van der Waals surface area contributed by atoms with Gasteiger partial charge < -0.3 is 19.7 Å². The minimum absolute atomic E-state index is 0.124. The second-order valence-corrected chi connectivity index (χ2v) is 16.2. The summed E-state index contributed by atoms with van der Waals surface area (Å²) in [5, 5.41) is 4.17. The average Bonchev–Trinajstić information content (AvgIpc) is 3.28. The molecule has 5 rings (SSSR count). The summed E-state index contributed by atoms with van der Waals surface area (Å²) in [6.07, 6.45) is 2.46. The van der Waals surface area contributed by atoms with Crippen LogP contribution >= 0.6 is 23.2 Å². The molecule has 2 unspecified atom stereocenters. The Bertz CT molecular complexity index is 1740. The van der Waals surface area contributed by atoms with Crippen molar-refractivity contribution >= 4 is 41.2 Å². The number of hydrogen-bond acceptors (Lipinski definition) is 6. The molecule has 1 saturated heterocycles. The van der Waals surface area contributed by atoms with Gasteiger partial charge in [-0.2, -0.15) is 0 Å². The predicted molar refractivity (Wildman–Crippen MR) is 199 cm³/mol. The zero-order valence-corrected chi connectivity index (χ0v) is 32.1. The van der Waals surface area contributed by atoms with Crippen LogP contribution in [0.4, 0.5) is 9.59 Å². The molecule has 2 atom stereocenters. The van der Waals surface area contributed by atoms with E-state index in [0.717, 1.165) is 16.8 Å². The molecule has 0 bridgehead atoms. The topological polar surface area (TPSA) is 96.4 Å². The molecular formula is C39H49Cl2N5O4. The fourth-order valence-electron chi connectivity index (χ4n) is 6.69. The van der Waals surface area contributed by atoms with E-state index in [1.807, 2.05) is 106 Å². The summed E-state index contributed by atoms with van der Waals surface area (Å²) in [5.41, 5.74) is 0.346. The second-order valence-electron chi connectivity index (χ2n) is 15.4. The number of halogens is 2. The molecule has 2 aliphatic heterocycles. The maximum Gasteiger partial charge on any atom is 0.407 e. The lowest BCUT2D eigenvalue weighted by atomic mass is 9.71. The molecule has 0 spiro atoms. The van der Waals surface area contributed by atoms with Crippen LogP contribution in [0.25, 0.3) is 0 Å². The minimum Gasteiger partial charge on any atom is -0.493 e. The number of benzene rings is 2. The Hall–Kier alpha value is -3.82. The van der Waals surface area contributed by atoms with Gasteiger partial charge in [0.2, 0.25) is 0 Å². The van der Waals surface area contributed by atoms with Crippen molar-refractivity contribution in [2.45, 2.75) is 103 Å². The number of alkyl carbamates (subject to hydrolysis) is 1. The van der Waals surface area contributed by atoms with Crippen LogP contribution in [0.15, 0.2) is 65.8 Å². The Kier molecular flexibility index (Phi) is 10.5. The second kappa shape index (κ2) is 14.1. The molecule has 3 aromatic rings. The van der Waals surface area contributed by atoms with Crippen molar-refractivity contribution in [3.63, 3.8) is 0 Å². The number of likely N-dealkylation sites (tertiary alicyclic amines) is 1. The van der Waals surface area contributed by atoms with Crippen LogP contribution in [0.3, 0.4) is 0 Å². The van der Waals surface area contributed by atoms with E-state index in [1.165, 1.54) is 0 Å². The fraction of sp³-hybridized carbons (Fsp3) is 0.487. The Balaban J connectivity index is 1.64. The summed E-state index contributed by atoms with van der Waals surface area (Å²) in [5.74, 6) is 1.05. The van der Waals surface area contributed by atoms with E-state index < -0.39 is 22.8 Å². The van der Waals surface area contributed by atoms with Crippen molar-refractivity contribution in [3.05, 3.63) is 93.2 Å². The van der Waals surface area contributed by atoms with Gasteiger partial charge in [-0.05, 0) is 89.8 Å². The quantitative estimate of drug-likeness (QED) is 0.274. The van der Waals surface area contributed by atoms with Crippen LogP contribution in [0.1, 0.15) is 97.5 Å². The third-order valence-corrected chi connectivity index (χ3v) is 10.1. The number of piperidine rings is 1. The Morgan fingerprint density at radius 3 is 2.00 bits per heavy atom. The zero-order chi connectivity index (χ0) is 36.6. The summed E-state index contributed by atoms with van der Waals surface area (Å²) in [4.78, 5) is 41.7. The molecule has 2 aromatic carbocycles. The normalized spacial score (nSPS) is 21.5. The predicted octanol–water partition coefficient (Wildman–Crippen LogP) is 9.09. The van der Waals surface area contributed by atoms with Crippen LogP contribution in [0, 0.1) is 0 Å². The van der Waals surface area contributed by atoms with E-state index in [2.05, 4.69) is 26.1 Å². The molecule has 11 heteroatoms. The highest BCUT2D eigenvalue weighted by Gasteiger charge is 2.60. The summed E-state index contributed by atoms with van der Waals surface area (Å²) in [6, 6.07) is 16.8. The lowest BCUT2D eigenvalue weighted by Gasteiger charge is -2.47. The third kappa shape index (κ3) is 7.45. The highest BCUT2D eigenvalue weighted by Crippen LogP contribution is 2.54. The molecule has 0 saturated carbocycles. The lowest BCUT2D eigenvalue weighted by Crippen LogP contribution is -2.59. The van der Waals surface area contributed by atoms with Crippen molar-refractivity contribution in [1.82, 2.24) is 20.1 Å². The van der Waals surface area contributed by atoms with Gasteiger partial charge in [0.15, 0.2) is 0 Å². The number of aromatic nitrogens is 1. The number of amides is 3. The number of nitrogens with one attached hydrogen (secondary N) is 1. The van der Waals surface area contributed by atoms with Gasteiger partial charge in [-0.1, -0.05) is 68.2 Å². The largest absolute Gasteiger partial charge is 0.493 e. The van der Waals surface area contributed by atoms with Crippen molar-refractivity contribution in [2.24, 2.45) is 4.99 Å². The van der Waals surface area contributed by atoms with Crippen LogP contribution in [0.2, 0.25) is 10.0 Å². The number of aliphatic imine (C=N–C) groups is 1. The van der Waals surface area contributed by atoms with Crippen molar-refractivity contribution in [3.8, 4) is 5.75 Å². The maximum absolute atomic E-state index is 15.2. The molecular weight excluding hydrogens is 673 g/mol. The van der Waals surface area contributed by atoms with E-state index in [0.29, 0.717) is 59.7 Å². The maximum atomic E-state index is 15.2. The molecule has 1 fully saturated rings. The van der Waals surface area contributed by atoms with Crippen molar-refractivity contribution in [2.75, 3.05) is 19.7 Å². The number of nitrogens with zero attached hydrogens (tertiary/aromatic N) is 4. The number of pyridine rings is 1. The highest BCUT2D eigenvalue weighted by molar-refractivity contribution is 6.30. The van der Waals surface area contributed by atoms with Crippen LogP contribution in [-0.4, -0.2) is 64.1 Å². The van der Waals surface area contributed by atoms with Gasteiger partial charge in [0.25, 0.3) is 0 Å². The summed E-state index contributed by atoms with van der Waals surface area (Å²) in [7, 11) is 0. The Labute approximate surface area is 306 Å². The first-order valence-electron chi connectivity index (χ1n) is 17.2. The van der Waals surface area contributed by atoms with Gasteiger partial charge in [0.05, 0.1) is 12.2 Å². The molecule has 2 aliphatic rings.